The first-order valence-electron chi connectivity index (χ1n) is 6.40. The van der Waals surface area contributed by atoms with Crippen molar-refractivity contribution >= 4 is 28.7 Å². The fourth-order valence-corrected chi connectivity index (χ4v) is 2.69. The lowest BCUT2D eigenvalue weighted by Gasteiger charge is -2.17. The summed E-state index contributed by atoms with van der Waals surface area (Å²) >= 11 is 1.49. The Bertz CT molecular complexity index is 631. The van der Waals surface area contributed by atoms with Crippen molar-refractivity contribution in [2.24, 2.45) is 0 Å². The number of nitrogen functional groups attached to an aromatic ring is 1. The summed E-state index contributed by atoms with van der Waals surface area (Å²) in [4.78, 5) is 15.8. The summed E-state index contributed by atoms with van der Waals surface area (Å²) in [5.41, 5.74) is 6.03. The third-order valence-electron chi connectivity index (χ3n) is 3.03. The predicted molar refractivity (Wildman–Crippen MR) is 80.9 cm³/mol. The maximum atomic E-state index is 14.0. The Labute approximate surface area is 126 Å². The fraction of sp³-hybridized carbons (Fsp3) is 0.286. The Morgan fingerprint density at radius 2 is 2.33 bits per heavy atom. The van der Waals surface area contributed by atoms with Gasteiger partial charge in [0.2, 0.25) is 0 Å². The number of anilines is 2. The van der Waals surface area contributed by atoms with Crippen molar-refractivity contribution in [3.05, 3.63) is 40.1 Å². The van der Waals surface area contributed by atoms with Crippen molar-refractivity contribution < 1.29 is 13.9 Å². The predicted octanol–water partition coefficient (Wildman–Crippen LogP) is 3.21. The van der Waals surface area contributed by atoms with Crippen LogP contribution in [0.25, 0.3) is 0 Å². The Morgan fingerprint density at radius 1 is 1.57 bits per heavy atom. The maximum absolute atomic E-state index is 14.0. The molecule has 2 rings (SSSR count). The van der Waals surface area contributed by atoms with E-state index < -0.39 is 11.8 Å². The Hall–Kier alpha value is -2.15. The smallest absolute Gasteiger partial charge is 0.340 e. The molecule has 0 bridgehead atoms. The maximum Gasteiger partial charge on any atom is 0.340 e. The molecule has 0 saturated heterocycles. The summed E-state index contributed by atoms with van der Waals surface area (Å²) in [7, 11) is 1.25. The molecule has 7 heteroatoms. The molecular formula is C14H16FN3O2S. The van der Waals surface area contributed by atoms with Gasteiger partial charge in [-0.25, -0.2) is 14.2 Å². The number of nitrogens with one attached hydrogen (secondary N) is 1. The third-order valence-corrected chi connectivity index (χ3v) is 3.92. The summed E-state index contributed by atoms with van der Waals surface area (Å²) < 4.78 is 18.7. The monoisotopic (exact) mass is 309 g/mol. The van der Waals surface area contributed by atoms with Gasteiger partial charge >= 0.3 is 5.97 Å². The zero-order valence-corrected chi connectivity index (χ0v) is 12.5. The number of carbonyl (C=O) groups excluding carboxylic acids is 1. The van der Waals surface area contributed by atoms with Gasteiger partial charge in [-0.05, 0) is 18.6 Å². The highest BCUT2D eigenvalue weighted by atomic mass is 32.1. The average molecular weight is 309 g/mol. The molecular weight excluding hydrogens is 293 g/mol. The minimum absolute atomic E-state index is 0.0483. The van der Waals surface area contributed by atoms with Gasteiger partial charge in [-0.2, -0.15) is 0 Å². The van der Waals surface area contributed by atoms with Gasteiger partial charge < -0.3 is 15.8 Å². The van der Waals surface area contributed by atoms with Crippen LogP contribution in [-0.4, -0.2) is 18.1 Å². The van der Waals surface area contributed by atoms with Gasteiger partial charge in [-0.1, -0.05) is 6.92 Å². The molecule has 1 aromatic heterocycles. The molecule has 5 nitrogen and oxygen atoms in total. The number of carbonyl (C=O) groups is 1. The van der Waals surface area contributed by atoms with Gasteiger partial charge in [0.1, 0.15) is 10.8 Å². The van der Waals surface area contributed by atoms with Crippen molar-refractivity contribution in [3.63, 3.8) is 0 Å². The van der Waals surface area contributed by atoms with Crippen molar-refractivity contribution in [1.82, 2.24) is 4.98 Å². The number of esters is 1. The summed E-state index contributed by atoms with van der Waals surface area (Å²) in [5, 5.41) is 5.77. The summed E-state index contributed by atoms with van der Waals surface area (Å²) in [6, 6.07) is 2.35. The minimum atomic E-state index is -0.599. The van der Waals surface area contributed by atoms with E-state index >= 15 is 0 Å². The lowest BCUT2D eigenvalue weighted by atomic mass is 10.1. The average Bonchev–Trinajstić information content (AvgIpc) is 2.99. The number of methoxy groups -OCH3 is 1. The molecule has 0 radical (unpaired) electrons. The van der Waals surface area contributed by atoms with Gasteiger partial charge in [0.15, 0.2) is 0 Å². The normalized spacial score (nSPS) is 12.0. The molecule has 0 spiro atoms. The largest absolute Gasteiger partial charge is 0.465 e. The van der Waals surface area contributed by atoms with Crippen LogP contribution < -0.4 is 11.1 Å². The molecule has 0 aliphatic carbocycles. The highest BCUT2D eigenvalue weighted by Gasteiger charge is 2.18. The van der Waals surface area contributed by atoms with Gasteiger partial charge in [-0.15, -0.1) is 11.3 Å². The minimum Gasteiger partial charge on any atom is -0.465 e. The second kappa shape index (κ2) is 6.53. The van der Waals surface area contributed by atoms with Crippen molar-refractivity contribution in [3.8, 4) is 0 Å². The zero-order chi connectivity index (χ0) is 15.4. The number of nitrogens with zero attached hydrogens (tertiary/aromatic N) is 1. The molecule has 0 aliphatic rings. The van der Waals surface area contributed by atoms with Crippen LogP contribution in [0, 0.1) is 5.82 Å². The number of nitrogens with two attached hydrogens (primary N) is 1. The number of hydrogen-bond donors (Lipinski definition) is 2. The van der Waals surface area contributed by atoms with Crippen LogP contribution in [-0.2, 0) is 4.74 Å². The topological polar surface area (TPSA) is 77.2 Å². The number of halogens is 1. The third kappa shape index (κ3) is 3.30. The number of ether oxygens (including phenoxy) is 1. The molecule has 1 atom stereocenters. The molecule has 0 saturated carbocycles. The van der Waals surface area contributed by atoms with Gasteiger partial charge in [0.25, 0.3) is 0 Å². The van der Waals surface area contributed by atoms with E-state index in [2.05, 4.69) is 15.0 Å². The number of rotatable bonds is 5. The quantitative estimate of drug-likeness (QED) is 0.655. The molecule has 0 fully saturated rings. The van der Waals surface area contributed by atoms with Crippen LogP contribution in [0.1, 0.15) is 34.8 Å². The standard InChI is InChI=1S/C14H16FN3O2S/c1-3-11(13-17-4-5-21-13)18-12-6-8(14(19)20-2)10(16)7-9(12)15/h4-7,11,18H,3,16H2,1-2H3. The van der Waals surface area contributed by atoms with Gasteiger partial charge in [0.05, 0.1) is 24.4 Å². The molecule has 3 N–H and O–H groups in total. The van der Waals surface area contributed by atoms with Crippen molar-refractivity contribution in [2.75, 3.05) is 18.2 Å². The van der Waals surface area contributed by atoms with Crippen LogP contribution in [0.4, 0.5) is 15.8 Å². The number of thiazole rings is 1. The molecule has 0 amide bonds. The molecule has 1 heterocycles. The van der Waals surface area contributed by atoms with Gasteiger partial charge in [-0.3, -0.25) is 0 Å². The summed E-state index contributed by atoms with van der Waals surface area (Å²) in [6.45, 7) is 1.97. The first-order chi connectivity index (χ1) is 10.1. The van der Waals surface area contributed by atoms with Crippen LogP contribution in [0.15, 0.2) is 23.7 Å². The molecule has 1 unspecified atom stereocenters. The molecule has 21 heavy (non-hydrogen) atoms. The van der Waals surface area contributed by atoms with Crippen LogP contribution in [0.5, 0.6) is 0 Å². The van der Waals surface area contributed by atoms with E-state index in [9.17, 15) is 9.18 Å². The van der Waals surface area contributed by atoms with E-state index in [1.807, 2.05) is 12.3 Å². The van der Waals surface area contributed by atoms with E-state index in [1.165, 1.54) is 24.5 Å². The number of aromatic nitrogens is 1. The van der Waals surface area contributed by atoms with Gasteiger partial charge in [0, 0.05) is 17.3 Å². The number of benzene rings is 1. The van der Waals surface area contributed by atoms with E-state index in [0.717, 1.165) is 17.5 Å². The second-order valence-corrected chi connectivity index (χ2v) is 5.31. The fourth-order valence-electron chi connectivity index (χ4n) is 1.92. The van der Waals surface area contributed by atoms with E-state index in [-0.39, 0.29) is 23.0 Å². The lowest BCUT2D eigenvalue weighted by Crippen LogP contribution is -2.13. The lowest BCUT2D eigenvalue weighted by molar-refractivity contribution is 0.0602. The van der Waals surface area contributed by atoms with Crippen molar-refractivity contribution in [1.29, 1.82) is 0 Å². The van der Waals surface area contributed by atoms with Crippen LogP contribution in [0.3, 0.4) is 0 Å². The zero-order valence-electron chi connectivity index (χ0n) is 11.7. The number of hydrogen-bond acceptors (Lipinski definition) is 6. The molecule has 1 aromatic carbocycles. The van der Waals surface area contributed by atoms with E-state index in [0.29, 0.717) is 0 Å². The highest BCUT2D eigenvalue weighted by Crippen LogP contribution is 2.28. The SMILES string of the molecule is CCC(Nc1cc(C(=O)OC)c(N)cc1F)c1nccs1. The molecule has 112 valence electrons. The van der Waals surface area contributed by atoms with Crippen molar-refractivity contribution in [2.45, 2.75) is 19.4 Å². The molecule has 2 aromatic rings. The summed E-state index contributed by atoms with van der Waals surface area (Å²) in [5.74, 6) is -1.12. The summed E-state index contributed by atoms with van der Waals surface area (Å²) in [6.07, 6.45) is 2.43. The first-order valence-corrected chi connectivity index (χ1v) is 7.28. The highest BCUT2D eigenvalue weighted by molar-refractivity contribution is 7.09. The van der Waals surface area contributed by atoms with Crippen LogP contribution in [0.2, 0.25) is 0 Å². The second-order valence-electron chi connectivity index (χ2n) is 4.39. The Morgan fingerprint density at radius 3 is 2.90 bits per heavy atom. The van der Waals surface area contributed by atoms with Crippen LogP contribution >= 0.6 is 11.3 Å². The Balaban J connectivity index is 2.33. The van der Waals surface area contributed by atoms with E-state index in [1.54, 1.807) is 6.20 Å². The van der Waals surface area contributed by atoms with E-state index in [4.69, 9.17) is 5.73 Å². The Kier molecular flexibility index (Phi) is 4.74. The first kappa shape index (κ1) is 15.2. The molecule has 0 aliphatic heterocycles.